The summed E-state index contributed by atoms with van der Waals surface area (Å²) < 4.78 is 0. The number of pyridine rings is 3. The van der Waals surface area contributed by atoms with Crippen molar-refractivity contribution >= 4 is 68.1 Å². The van der Waals surface area contributed by atoms with E-state index in [0.717, 1.165) is 64.8 Å². The molecule has 0 saturated carbocycles. The molecule has 3 heterocycles. The third-order valence-corrected chi connectivity index (χ3v) is 9.76. The number of nitrogens with two attached hydrogens (primary N) is 1. The molecule has 4 aromatic carbocycles. The maximum atomic E-state index is 12.3. The van der Waals surface area contributed by atoms with Crippen molar-refractivity contribution in [2.45, 2.75) is 37.8 Å². The van der Waals surface area contributed by atoms with Crippen molar-refractivity contribution in [2.24, 2.45) is 0 Å². The number of carbonyl (C=O) groups excluding carboxylic acids is 1. The molecule has 0 aliphatic heterocycles. The Hall–Kier alpha value is -6.19. The molecule has 0 fully saturated rings. The molecule has 0 unspecified atom stereocenters. The highest BCUT2D eigenvalue weighted by atomic mass is 35.5. The van der Waals surface area contributed by atoms with Crippen LogP contribution in [0, 0.1) is 0 Å². The maximum absolute atomic E-state index is 12.3. The summed E-state index contributed by atoms with van der Waals surface area (Å²) in [5, 5.41) is 15.0. The molecule has 2 aliphatic carbocycles. The monoisotopic (exact) mass is 704 g/mol. The molecule has 258 valence electrons. The highest BCUT2D eigenvalue weighted by molar-refractivity contribution is 6.29. The number of hydrogen-bond donors (Lipinski definition) is 5. The zero-order valence-electron chi connectivity index (χ0n) is 28.3. The number of carbonyl (C=O) groups is 1. The Morgan fingerprint density at radius 1 is 0.635 bits per heavy atom. The smallest absolute Gasteiger partial charge is 0.323 e. The number of anilines is 5. The molecule has 0 saturated heterocycles. The number of fused-ring (bicyclic) bond motifs is 4. The summed E-state index contributed by atoms with van der Waals surface area (Å²) in [7, 11) is 0. The minimum absolute atomic E-state index is 0.285. The van der Waals surface area contributed by atoms with Gasteiger partial charge in [-0.05, 0) is 121 Å². The molecular weight excluding hydrogens is 668 g/mol. The molecule has 6 N–H and O–H groups in total. The number of benzene rings is 4. The van der Waals surface area contributed by atoms with Crippen LogP contribution in [0.4, 0.5) is 33.5 Å². The van der Waals surface area contributed by atoms with Gasteiger partial charge in [0.05, 0.1) is 23.1 Å². The minimum Gasteiger partial charge on any atom is -0.399 e. The number of nitrogens with zero attached hydrogens (tertiary/aromatic N) is 3. The first-order chi connectivity index (χ1) is 25.4. The van der Waals surface area contributed by atoms with E-state index in [9.17, 15) is 4.79 Å². The quantitative estimate of drug-likeness (QED) is 0.0860. The molecule has 0 radical (unpaired) electrons. The predicted molar refractivity (Wildman–Crippen MR) is 212 cm³/mol. The highest BCUT2D eigenvalue weighted by Crippen LogP contribution is 2.35. The van der Waals surface area contributed by atoms with Crippen molar-refractivity contribution in [1.29, 1.82) is 0 Å². The molecule has 3 aromatic heterocycles. The van der Waals surface area contributed by atoms with Crippen LogP contribution in [0.2, 0.25) is 5.15 Å². The van der Waals surface area contributed by atoms with Crippen LogP contribution in [0.1, 0.15) is 47.2 Å². The molecule has 2 amide bonds. The summed E-state index contributed by atoms with van der Waals surface area (Å²) in [6.45, 7) is 0. The maximum Gasteiger partial charge on any atom is 0.323 e. The van der Waals surface area contributed by atoms with E-state index >= 15 is 0 Å². The lowest BCUT2D eigenvalue weighted by molar-refractivity contribution is 0.262. The van der Waals surface area contributed by atoms with Crippen LogP contribution in [0.3, 0.4) is 0 Å². The van der Waals surface area contributed by atoms with Crippen molar-refractivity contribution in [1.82, 2.24) is 15.0 Å². The van der Waals surface area contributed by atoms with E-state index in [1.54, 1.807) is 12.1 Å². The van der Waals surface area contributed by atoms with Gasteiger partial charge < -0.3 is 27.0 Å². The zero-order valence-corrected chi connectivity index (χ0v) is 29.1. The normalized spacial score (nSPS) is 15.6. The van der Waals surface area contributed by atoms with Crippen LogP contribution in [-0.2, 0) is 12.8 Å². The topological polar surface area (TPSA) is 130 Å². The number of halogens is 1. The van der Waals surface area contributed by atoms with Crippen molar-refractivity contribution in [3.8, 4) is 0 Å². The van der Waals surface area contributed by atoms with E-state index in [0.29, 0.717) is 22.6 Å². The number of hydrogen-bond acceptors (Lipinski definition) is 7. The van der Waals surface area contributed by atoms with Gasteiger partial charge in [0.2, 0.25) is 0 Å². The summed E-state index contributed by atoms with van der Waals surface area (Å²) in [6, 6.07) is 40.3. The Labute approximate surface area is 306 Å². The van der Waals surface area contributed by atoms with Crippen molar-refractivity contribution in [3.05, 3.63) is 155 Å². The van der Waals surface area contributed by atoms with Gasteiger partial charge in [-0.1, -0.05) is 60.1 Å². The van der Waals surface area contributed by atoms with Gasteiger partial charge in [-0.15, -0.1) is 0 Å². The standard InChI is InChI=1S/C24H20ClN5O.C18H17N3/c25-22-14-18(11-12-26-22)28-24(31)27-17-7-9-20-16(13-17)6-10-23(29-20)30-21-8-5-15-3-1-2-4-19(15)21;19-14-7-9-16-13(11-14)6-10-18(20-16)21-17-8-5-12-3-1-2-4-15(12)17/h1-4,6-7,9-14,21H,5,8H2,(H,29,30)(H2,26,27,28,31);1-4,6-7,9-11,17H,5,8,19H2,(H,20,21)/t21-;17-/m11/s1. The second kappa shape index (κ2) is 14.6. The van der Waals surface area contributed by atoms with E-state index in [1.807, 2.05) is 54.6 Å². The minimum atomic E-state index is -0.354. The largest absolute Gasteiger partial charge is 0.399 e. The Kier molecular flexibility index (Phi) is 9.25. The second-order valence-electron chi connectivity index (χ2n) is 13.1. The highest BCUT2D eigenvalue weighted by Gasteiger charge is 2.23. The zero-order chi connectivity index (χ0) is 35.4. The lowest BCUT2D eigenvalue weighted by Crippen LogP contribution is -2.19. The molecule has 0 bridgehead atoms. The fourth-order valence-electron chi connectivity index (χ4n) is 7.05. The Morgan fingerprint density at radius 3 is 1.81 bits per heavy atom. The summed E-state index contributed by atoms with van der Waals surface area (Å²) in [5.74, 6) is 1.77. The number of amides is 2. The number of aromatic nitrogens is 3. The van der Waals surface area contributed by atoms with E-state index in [2.05, 4.69) is 85.8 Å². The summed E-state index contributed by atoms with van der Waals surface area (Å²) >= 11 is 5.85. The number of nitrogen functional groups attached to an aromatic ring is 1. The third kappa shape index (κ3) is 7.45. The van der Waals surface area contributed by atoms with E-state index in [-0.39, 0.29) is 12.1 Å². The Balaban J connectivity index is 0.000000160. The molecule has 52 heavy (non-hydrogen) atoms. The van der Waals surface area contributed by atoms with Crippen LogP contribution < -0.4 is 27.0 Å². The second-order valence-corrected chi connectivity index (χ2v) is 13.5. The van der Waals surface area contributed by atoms with Crippen LogP contribution >= 0.6 is 11.6 Å². The fraction of sp³-hybridized carbons (Fsp3) is 0.143. The van der Waals surface area contributed by atoms with Gasteiger partial charge in [-0.25, -0.2) is 19.7 Å². The van der Waals surface area contributed by atoms with E-state index < -0.39 is 0 Å². The summed E-state index contributed by atoms with van der Waals surface area (Å²) in [6.07, 6.45) is 5.96. The van der Waals surface area contributed by atoms with Gasteiger partial charge in [0.25, 0.3) is 0 Å². The van der Waals surface area contributed by atoms with Crippen molar-refractivity contribution in [3.63, 3.8) is 0 Å². The van der Waals surface area contributed by atoms with Crippen LogP contribution in [0.15, 0.2) is 128 Å². The van der Waals surface area contributed by atoms with Gasteiger partial charge in [0.1, 0.15) is 16.8 Å². The number of aryl methyl sites for hydroxylation is 2. The predicted octanol–water partition coefficient (Wildman–Crippen LogP) is 9.94. The Bertz CT molecular complexity index is 2420. The van der Waals surface area contributed by atoms with E-state index in [4.69, 9.17) is 22.3 Å². The van der Waals surface area contributed by atoms with Crippen LogP contribution in [0.5, 0.6) is 0 Å². The lowest BCUT2D eigenvalue weighted by atomic mass is 10.1. The van der Waals surface area contributed by atoms with Crippen LogP contribution in [0.25, 0.3) is 21.8 Å². The first kappa shape index (κ1) is 33.0. The molecule has 9 rings (SSSR count). The number of urea groups is 1. The molecular formula is C42H37ClN8O. The van der Waals surface area contributed by atoms with Crippen LogP contribution in [-0.4, -0.2) is 21.0 Å². The molecule has 7 aromatic rings. The van der Waals surface area contributed by atoms with Crippen molar-refractivity contribution in [2.75, 3.05) is 27.0 Å². The fourth-order valence-corrected chi connectivity index (χ4v) is 7.23. The van der Waals surface area contributed by atoms with Gasteiger partial charge in [-0.2, -0.15) is 0 Å². The lowest BCUT2D eigenvalue weighted by Gasteiger charge is -2.15. The number of nitrogens with one attached hydrogen (secondary N) is 4. The molecule has 2 atom stereocenters. The molecule has 10 heteroatoms. The molecule has 0 spiro atoms. The average Bonchev–Trinajstić information content (AvgIpc) is 3.76. The van der Waals surface area contributed by atoms with Gasteiger partial charge in [-0.3, -0.25) is 0 Å². The molecule has 2 aliphatic rings. The van der Waals surface area contributed by atoms with E-state index in [1.165, 1.54) is 28.5 Å². The SMILES string of the molecule is Nc1ccc2nc(N[C@@H]3CCc4ccccc43)ccc2c1.O=C(Nc1ccnc(Cl)c1)Nc1ccc2nc(N[C@@H]3CCc4ccccc43)ccc2c1. The third-order valence-electron chi connectivity index (χ3n) is 9.55. The van der Waals surface area contributed by atoms with Gasteiger partial charge in [0.15, 0.2) is 0 Å². The summed E-state index contributed by atoms with van der Waals surface area (Å²) in [5.41, 5.74) is 15.3. The number of rotatable bonds is 6. The van der Waals surface area contributed by atoms with Gasteiger partial charge >= 0.3 is 6.03 Å². The average molecular weight is 705 g/mol. The first-order valence-electron chi connectivity index (χ1n) is 17.4. The Morgan fingerprint density at radius 2 is 1.19 bits per heavy atom. The van der Waals surface area contributed by atoms with Crippen molar-refractivity contribution < 1.29 is 4.79 Å². The molecule has 9 nitrogen and oxygen atoms in total. The van der Waals surface area contributed by atoms with Gasteiger partial charge in [0, 0.05) is 34.0 Å². The summed E-state index contributed by atoms with van der Waals surface area (Å²) in [4.78, 5) is 25.6. The first-order valence-corrected chi connectivity index (χ1v) is 17.8.